The van der Waals surface area contributed by atoms with E-state index >= 15 is 0 Å². The molecule has 2 aromatic heterocycles. The van der Waals surface area contributed by atoms with Gasteiger partial charge >= 0.3 is 0 Å². The number of hydrogen-bond donors (Lipinski definition) is 1. The van der Waals surface area contributed by atoms with E-state index in [1.54, 1.807) is 43.3 Å². The summed E-state index contributed by atoms with van der Waals surface area (Å²) in [5, 5.41) is 3.19. The number of amides is 1. The van der Waals surface area contributed by atoms with Crippen molar-refractivity contribution in [1.29, 1.82) is 0 Å². The average Bonchev–Trinajstić information content (AvgIpc) is 3.28. The van der Waals surface area contributed by atoms with Gasteiger partial charge in [0, 0.05) is 6.07 Å². The highest BCUT2D eigenvalue weighted by atomic mass is 32.2. The Balaban J connectivity index is 1.67. The Hall–Kier alpha value is -3.46. The van der Waals surface area contributed by atoms with Crippen LogP contribution in [0.2, 0.25) is 0 Å². The molecule has 0 saturated carbocycles. The molecule has 0 aliphatic carbocycles. The first-order valence-corrected chi connectivity index (χ1v) is 10.4. The van der Waals surface area contributed by atoms with Gasteiger partial charge in [-0.15, -0.1) is 0 Å². The van der Waals surface area contributed by atoms with Crippen LogP contribution in [0, 0.1) is 11.6 Å². The van der Waals surface area contributed by atoms with Crippen LogP contribution in [-0.2, 0) is 4.79 Å². The molecular weight excluding hydrogens is 424 g/mol. The molecule has 2 aromatic carbocycles. The zero-order valence-electron chi connectivity index (χ0n) is 16.3. The van der Waals surface area contributed by atoms with Gasteiger partial charge in [0.2, 0.25) is 5.91 Å². The second-order valence-corrected chi connectivity index (χ2v) is 7.68. The summed E-state index contributed by atoms with van der Waals surface area (Å²) in [6.45, 7) is 1.78. The second kappa shape index (κ2) is 8.73. The fourth-order valence-electron chi connectivity index (χ4n) is 3.11. The molecule has 0 aliphatic rings. The number of fused-ring (bicyclic) bond motifs is 1. The normalized spacial score (nSPS) is 12.1. The number of rotatable bonds is 6. The molecule has 1 unspecified atom stereocenters. The van der Waals surface area contributed by atoms with Crippen LogP contribution in [0.3, 0.4) is 0 Å². The molecule has 0 radical (unpaired) electrons. The maximum Gasteiger partial charge on any atom is 0.266 e. The van der Waals surface area contributed by atoms with Crippen LogP contribution < -0.4 is 10.9 Å². The van der Waals surface area contributed by atoms with Gasteiger partial charge in [0.15, 0.2) is 5.16 Å². The molecule has 4 aromatic rings. The summed E-state index contributed by atoms with van der Waals surface area (Å²) < 4.78 is 34.2. The molecule has 4 rings (SSSR count). The van der Waals surface area contributed by atoms with Gasteiger partial charge in [-0.25, -0.2) is 13.8 Å². The molecule has 0 spiro atoms. The quantitative estimate of drug-likeness (QED) is 0.358. The van der Waals surface area contributed by atoms with E-state index < -0.39 is 17.2 Å². The van der Waals surface area contributed by atoms with Crippen LogP contribution in [0.4, 0.5) is 8.78 Å². The standard InChI is InChI=1S/C22H17F2N3O3S/c1-13(19-7-4-10-30-19)25-20(28)12-31-22-26-17-6-3-2-5-15(17)21(29)27(22)18-9-8-14(23)11-16(18)24/h2-11,13H,12H2,1H3,(H,25,28). The van der Waals surface area contributed by atoms with E-state index in [4.69, 9.17) is 4.42 Å². The van der Waals surface area contributed by atoms with Gasteiger partial charge in [-0.05, 0) is 43.3 Å². The largest absolute Gasteiger partial charge is 0.467 e. The second-order valence-electron chi connectivity index (χ2n) is 6.74. The van der Waals surface area contributed by atoms with Crippen molar-refractivity contribution in [3.63, 3.8) is 0 Å². The summed E-state index contributed by atoms with van der Waals surface area (Å²) in [5.74, 6) is -1.45. The first-order valence-electron chi connectivity index (χ1n) is 9.37. The molecule has 158 valence electrons. The molecule has 1 atom stereocenters. The number of hydrogen-bond acceptors (Lipinski definition) is 5. The Bertz CT molecular complexity index is 1310. The van der Waals surface area contributed by atoms with E-state index in [0.29, 0.717) is 17.3 Å². The lowest BCUT2D eigenvalue weighted by Gasteiger charge is -2.15. The van der Waals surface area contributed by atoms with Gasteiger partial charge in [0.25, 0.3) is 5.56 Å². The third-order valence-corrected chi connectivity index (χ3v) is 5.51. The van der Waals surface area contributed by atoms with Crippen molar-refractivity contribution in [1.82, 2.24) is 14.9 Å². The van der Waals surface area contributed by atoms with Gasteiger partial charge in [-0.1, -0.05) is 23.9 Å². The van der Waals surface area contributed by atoms with Crippen molar-refractivity contribution in [3.05, 3.63) is 88.6 Å². The molecule has 1 amide bonds. The number of aromatic nitrogens is 2. The Morgan fingerprint density at radius 1 is 1.19 bits per heavy atom. The number of nitrogens with one attached hydrogen (secondary N) is 1. The molecule has 1 N–H and O–H groups in total. The van der Waals surface area contributed by atoms with Crippen molar-refractivity contribution >= 4 is 28.6 Å². The van der Waals surface area contributed by atoms with Crippen LogP contribution >= 0.6 is 11.8 Å². The fraction of sp³-hybridized carbons (Fsp3) is 0.136. The summed E-state index contributed by atoms with van der Waals surface area (Å²) >= 11 is 0.980. The molecule has 6 nitrogen and oxygen atoms in total. The van der Waals surface area contributed by atoms with Gasteiger partial charge in [0.1, 0.15) is 17.4 Å². The number of nitrogens with zero attached hydrogens (tertiary/aromatic N) is 2. The highest BCUT2D eigenvalue weighted by molar-refractivity contribution is 7.99. The number of thioether (sulfide) groups is 1. The third kappa shape index (κ3) is 4.36. The molecule has 0 fully saturated rings. The van der Waals surface area contributed by atoms with Crippen molar-refractivity contribution < 1.29 is 18.0 Å². The first-order chi connectivity index (χ1) is 14.9. The molecule has 0 aliphatic heterocycles. The van der Waals surface area contributed by atoms with Crippen molar-refractivity contribution in [2.75, 3.05) is 5.75 Å². The lowest BCUT2D eigenvalue weighted by Crippen LogP contribution is -2.29. The molecule has 9 heteroatoms. The number of para-hydroxylation sites is 1. The maximum atomic E-state index is 14.5. The lowest BCUT2D eigenvalue weighted by atomic mass is 10.2. The Morgan fingerprint density at radius 2 is 2.00 bits per heavy atom. The number of furan rings is 1. The number of carbonyl (C=O) groups is 1. The summed E-state index contributed by atoms with van der Waals surface area (Å²) in [6.07, 6.45) is 1.52. The summed E-state index contributed by atoms with van der Waals surface area (Å²) in [6, 6.07) is 12.7. The minimum Gasteiger partial charge on any atom is -0.467 e. The number of carbonyl (C=O) groups excluding carboxylic acids is 1. The molecule has 31 heavy (non-hydrogen) atoms. The molecule has 0 bridgehead atoms. The Morgan fingerprint density at radius 3 is 2.74 bits per heavy atom. The van der Waals surface area contributed by atoms with E-state index in [9.17, 15) is 18.4 Å². The number of halogens is 2. The minimum absolute atomic E-state index is 0.0708. The van der Waals surface area contributed by atoms with E-state index in [-0.39, 0.29) is 33.9 Å². The van der Waals surface area contributed by atoms with Crippen LogP contribution in [0.5, 0.6) is 0 Å². The SMILES string of the molecule is CC(NC(=O)CSc1nc2ccccc2c(=O)n1-c1ccc(F)cc1F)c1ccco1. The predicted molar refractivity (Wildman–Crippen MR) is 113 cm³/mol. The summed E-state index contributed by atoms with van der Waals surface area (Å²) in [7, 11) is 0. The van der Waals surface area contributed by atoms with E-state index in [0.717, 1.165) is 22.4 Å². The fourth-order valence-corrected chi connectivity index (χ4v) is 3.92. The minimum atomic E-state index is -0.906. The average molecular weight is 441 g/mol. The maximum absolute atomic E-state index is 14.5. The zero-order chi connectivity index (χ0) is 22.0. The highest BCUT2D eigenvalue weighted by Crippen LogP contribution is 2.23. The van der Waals surface area contributed by atoms with Crippen molar-refractivity contribution in [2.24, 2.45) is 0 Å². The van der Waals surface area contributed by atoms with Gasteiger partial charge in [-0.3, -0.25) is 14.2 Å². The van der Waals surface area contributed by atoms with E-state index in [1.807, 2.05) is 0 Å². The smallest absolute Gasteiger partial charge is 0.266 e. The lowest BCUT2D eigenvalue weighted by molar-refractivity contribution is -0.119. The topological polar surface area (TPSA) is 77.1 Å². The van der Waals surface area contributed by atoms with Crippen molar-refractivity contribution in [3.8, 4) is 5.69 Å². The first kappa shape index (κ1) is 20.8. The highest BCUT2D eigenvalue weighted by Gasteiger charge is 2.18. The third-order valence-electron chi connectivity index (χ3n) is 4.58. The van der Waals surface area contributed by atoms with Crippen molar-refractivity contribution in [2.45, 2.75) is 18.1 Å². The van der Waals surface area contributed by atoms with E-state index in [1.165, 1.54) is 12.3 Å². The summed E-state index contributed by atoms with van der Waals surface area (Å²) in [4.78, 5) is 30.0. The zero-order valence-corrected chi connectivity index (χ0v) is 17.2. The Kier molecular flexibility index (Phi) is 5.85. The van der Waals surface area contributed by atoms with Crippen LogP contribution in [-0.4, -0.2) is 21.2 Å². The number of benzene rings is 2. The van der Waals surface area contributed by atoms with E-state index in [2.05, 4.69) is 10.3 Å². The van der Waals surface area contributed by atoms with Crippen LogP contribution in [0.25, 0.3) is 16.6 Å². The monoisotopic (exact) mass is 441 g/mol. The molecule has 2 heterocycles. The van der Waals surface area contributed by atoms with Gasteiger partial charge in [0.05, 0.1) is 34.6 Å². The summed E-state index contributed by atoms with van der Waals surface area (Å²) in [5.41, 5.74) is -0.238. The molecular formula is C22H17F2N3O3S. The van der Waals surface area contributed by atoms with Gasteiger partial charge in [-0.2, -0.15) is 0 Å². The van der Waals surface area contributed by atoms with Crippen LogP contribution in [0.1, 0.15) is 18.7 Å². The molecule has 0 saturated heterocycles. The predicted octanol–water partition coefficient (Wildman–Crippen LogP) is 4.23. The Labute approximate surface area is 179 Å². The van der Waals surface area contributed by atoms with Gasteiger partial charge < -0.3 is 9.73 Å². The van der Waals surface area contributed by atoms with Crippen LogP contribution in [0.15, 0.2) is 75.2 Å².